The summed E-state index contributed by atoms with van der Waals surface area (Å²) >= 11 is 0. The van der Waals surface area contributed by atoms with Crippen LogP contribution in [0.15, 0.2) is 53.2 Å². The van der Waals surface area contributed by atoms with Crippen LogP contribution in [0.3, 0.4) is 0 Å². The van der Waals surface area contributed by atoms with Crippen molar-refractivity contribution in [2.24, 2.45) is 13.0 Å². The molecular formula is C22H23N2O+. The van der Waals surface area contributed by atoms with E-state index in [2.05, 4.69) is 11.1 Å². The molecule has 126 valence electrons. The number of rotatable bonds is 3. The Hall–Kier alpha value is -2.68. The second-order valence-electron chi connectivity index (χ2n) is 6.77. The van der Waals surface area contributed by atoms with Gasteiger partial charge in [0.05, 0.1) is 17.5 Å². The molecule has 3 nitrogen and oxygen atoms in total. The first kappa shape index (κ1) is 13.6. The number of hydrogen-bond acceptors (Lipinski definition) is 2. The van der Waals surface area contributed by atoms with E-state index in [0.29, 0.717) is 5.56 Å². The third kappa shape index (κ3) is 2.70. The smallest absolute Gasteiger partial charge is 0.214 e. The summed E-state index contributed by atoms with van der Waals surface area (Å²) in [7, 11) is 1.95. The normalized spacial score (nSPS) is 13.5. The summed E-state index contributed by atoms with van der Waals surface area (Å²) in [5.74, 6) is -0.104. The molecule has 0 saturated carbocycles. The van der Waals surface area contributed by atoms with Crippen LogP contribution in [-0.4, -0.2) is 4.98 Å². The topological polar surface area (TPSA) is 29.9 Å². The molecule has 4 rings (SSSR count). The van der Waals surface area contributed by atoms with Crippen LogP contribution in [0.4, 0.5) is 0 Å². The van der Waals surface area contributed by atoms with E-state index in [9.17, 15) is 0 Å². The molecule has 0 bridgehead atoms. The Balaban J connectivity index is 1.99. The molecule has 0 aliphatic carbocycles. The first-order valence-corrected chi connectivity index (χ1v) is 8.58. The van der Waals surface area contributed by atoms with E-state index in [-0.39, 0.29) is 5.92 Å². The average Bonchev–Trinajstić information content (AvgIpc) is 3.01. The highest BCUT2D eigenvalue weighted by molar-refractivity contribution is 6.11. The molecule has 0 aliphatic rings. The largest absolute Gasteiger partial charge is 0.454 e. The lowest BCUT2D eigenvalue weighted by Gasteiger charge is -2.08. The van der Waals surface area contributed by atoms with Gasteiger partial charge in [-0.1, -0.05) is 32.0 Å². The van der Waals surface area contributed by atoms with E-state index in [1.165, 1.54) is 0 Å². The van der Waals surface area contributed by atoms with E-state index in [4.69, 9.17) is 7.16 Å². The van der Waals surface area contributed by atoms with Crippen LogP contribution in [0.25, 0.3) is 33.2 Å². The lowest BCUT2D eigenvalue weighted by Crippen LogP contribution is -2.31. The summed E-state index contributed by atoms with van der Waals surface area (Å²) in [6.45, 7) is 5.80. The van der Waals surface area contributed by atoms with Gasteiger partial charge < -0.3 is 4.42 Å². The van der Waals surface area contributed by atoms with Gasteiger partial charge >= 0.3 is 0 Å². The first-order valence-electron chi connectivity index (χ1n) is 9.58. The van der Waals surface area contributed by atoms with Gasteiger partial charge in [-0.05, 0) is 31.3 Å². The second kappa shape index (κ2) is 5.99. The molecule has 0 radical (unpaired) electrons. The van der Waals surface area contributed by atoms with Crippen LogP contribution < -0.4 is 4.57 Å². The van der Waals surface area contributed by atoms with Crippen LogP contribution in [0.2, 0.25) is 0 Å². The van der Waals surface area contributed by atoms with Crippen molar-refractivity contribution in [3.8, 4) is 11.3 Å². The molecule has 0 amide bonds. The number of pyridine rings is 2. The van der Waals surface area contributed by atoms with Gasteiger partial charge in [0.15, 0.2) is 11.8 Å². The lowest BCUT2D eigenvalue weighted by atomic mass is 10.00. The lowest BCUT2D eigenvalue weighted by molar-refractivity contribution is -0.660. The van der Waals surface area contributed by atoms with Crippen molar-refractivity contribution >= 4 is 21.9 Å². The number of furan rings is 1. The number of benzene rings is 1. The number of fused-ring (bicyclic) bond motifs is 3. The molecular weight excluding hydrogens is 308 g/mol. The zero-order valence-electron chi connectivity index (χ0n) is 17.0. The molecule has 0 unspecified atom stereocenters. The number of hydrogen-bond donors (Lipinski definition) is 0. The van der Waals surface area contributed by atoms with E-state index >= 15 is 0 Å². The summed E-state index contributed by atoms with van der Waals surface area (Å²) in [5.41, 5.74) is 5.22. The van der Waals surface area contributed by atoms with Crippen LogP contribution in [0.5, 0.6) is 0 Å². The van der Waals surface area contributed by atoms with Crippen LogP contribution >= 0.6 is 0 Å². The minimum absolute atomic E-state index is 0.104. The highest BCUT2D eigenvalue weighted by atomic mass is 16.3. The summed E-state index contributed by atoms with van der Waals surface area (Å²) < 4.78 is 24.7. The zero-order chi connectivity index (χ0) is 19.3. The Morgan fingerprint density at radius 2 is 1.96 bits per heavy atom. The predicted octanol–water partition coefficient (Wildman–Crippen LogP) is 4.98. The fraction of sp³-hybridized carbons (Fsp3) is 0.273. The molecule has 3 aromatic heterocycles. The Bertz CT molecular complexity index is 1160. The molecule has 25 heavy (non-hydrogen) atoms. The fourth-order valence-corrected chi connectivity index (χ4v) is 3.41. The van der Waals surface area contributed by atoms with Crippen molar-refractivity contribution in [3.05, 3.63) is 60.0 Å². The molecule has 0 aliphatic heterocycles. The quantitative estimate of drug-likeness (QED) is 0.495. The van der Waals surface area contributed by atoms with Gasteiger partial charge in [-0.3, -0.25) is 4.98 Å². The number of para-hydroxylation sites is 1. The fourth-order valence-electron chi connectivity index (χ4n) is 3.41. The highest BCUT2D eigenvalue weighted by Crippen LogP contribution is 2.36. The van der Waals surface area contributed by atoms with Crippen molar-refractivity contribution in [1.82, 2.24) is 4.98 Å². The van der Waals surface area contributed by atoms with Gasteiger partial charge in [0.2, 0.25) is 5.69 Å². The Morgan fingerprint density at radius 3 is 2.72 bits per heavy atom. The van der Waals surface area contributed by atoms with Crippen LogP contribution in [0.1, 0.15) is 27.8 Å². The second-order valence-corrected chi connectivity index (χ2v) is 6.77. The minimum Gasteiger partial charge on any atom is -0.454 e. The van der Waals surface area contributed by atoms with Gasteiger partial charge in [0, 0.05) is 25.1 Å². The van der Waals surface area contributed by atoms with Crippen LogP contribution in [0, 0.1) is 12.8 Å². The molecule has 0 saturated heterocycles. The third-order valence-electron chi connectivity index (χ3n) is 4.45. The predicted molar refractivity (Wildman–Crippen MR) is 101 cm³/mol. The molecule has 0 fully saturated rings. The number of aromatic nitrogens is 2. The maximum Gasteiger partial charge on any atom is 0.214 e. The van der Waals surface area contributed by atoms with Crippen molar-refractivity contribution in [2.75, 3.05) is 0 Å². The van der Waals surface area contributed by atoms with Crippen LogP contribution in [-0.2, 0) is 13.4 Å². The Morgan fingerprint density at radius 1 is 1.16 bits per heavy atom. The van der Waals surface area contributed by atoms with E-state index in [0.717, 1.165) is 38.9 Å². The molecule has 0 atom stereocenters. The molecule has 1 aromatic carbocycles. The summed E-state index contributed by atoms with van der Waals surface area (Å²) in [5, 5.41) is 2.11. The van der Waals surface area contributed by atoms with Crippen molar-refractivity contribution in [2.45, 2.75) is 27.1 Å². The van der Waals surface area contributed by atoms with Gasteiger partial charge in [0.25, 0.3) is 0 Å². The number of aryl methyl sites for hydroxylation is 2. The molecule has 3 heteroatoms. The van der Waals surface area contributed by atoms with Crippen molar-refractivity contribution < 1.29 is 11.7 Å². The van der Waals surface area contributed by atoms with E-state index < -0.39 is 6.37 Å². The Kier molecular flexibility index (Phi) is 3.26. The van der Waals surface area contributed by atoms with E-state index in [1.54, 1.807) is 6.20 Å². The molecule has 0 spiro atoms. The summed E-state index contributed by atoms with van der Waals surface area (Å²) in [6, 6.07) is 11.9. The summed E-state index contributed by atoms with van der Waals surface area (Å²) in [6.07, 6.45) is 2.29. The zero-order valence-corrected chi connectivity index (χ0v) is 15.0. The molecule has 0 N–H and O–H groups in total. The van der Waals surface area contributed by atoms with Gasteiger partial charge in [0.1, 0.15) is 12.6 Å². The van der Waals surface area contributed by atoms with Gasteiger partial charge in [-0.25, -0.2) is 4.57 Å². The number of nitrogens with zero attached hydrogens (tertiary/aromatic N) is 2. The van der Waals surface area contributed by atoms with Crippen molar-refractivity contribution in [3.63, 3.8) is 0 Å². The SMILES string of the molecule is [2H]C([2H])(c1ccc(-c2c(C)ncc3oc4ccccc4c23)[n+](C)c1)C(C)C. The maximum atomic E-state index is 8.38. The Labute approximate surface area is 150 Å². The van der Waals surface area contributed by atoms with E-state index in [1.807, 2.05) is 68.9 Å². The highest BCUT2D eigenvalue weighted by Gasteiger charge is 2.21. The third-order valence-corrected chi connectivity index (χ3v) is 4.45. The first-order chi connectivity index (χ1) is 12.8. The standard InChI is InChI=1S/C22H23N2O/c1-14(2)11-16-9-10-18(24(4)13-16)21-15(3)23-12-20-22(21)17-7-5-6-8-19(17)25-20/h5-10,12-14H,11H2,1-4H3/q+1/i11D2. The summed E-state index contributed by atoms with van der Waals surface area (Å²) in [4.78, 5) is 4.54. The van der Waals surface area contributed by atoms with Gasteiger partial charge in [-0.15, -0.1) is 0 Å². The molecule has 4 aromatic rings. The van der Waals surface area contributed by atoms with Crippen molar-refractivity contribution in [1.29, 1.82) is 0 Å². The van der Waals surface area contributed by atoms with Gasteiger partial charge in [-0.2, -0.15) is 0 Å². The average molecular weight is 333 g/mol. The minimum atomic E-state index is -1.38. The monoisotopic (exact) mass is 333 g/mol. The molecule has 3 heterocycles. The maximum absolute atomic E-state index is 8.38.